The molecule has 104 valence electrons. The van der Waals surface area contributed by atoms with E-state index in [0.29, 0.717) is 6.61 Å². The lowest BCUT2D eigenvalue weighted by Crippen LogP contribution is -2.23. The number of rotatable bonds is 5. The summed E-state index contributed by atoms with van der Waals surface area (Å²) >= 11 is 3.36. The molecule has 0 unspecified atom stereocenters. The monoisotopic (exact) mass is 328 g/mol. The minimum atomic E-state index is -0.173. The SMILES string of the molecule is Cc1cncc(Br)c1NC(=O)COC[C@H]1CCCO1. The lowest BCUT2D eigenvalue weighted by molar-refractivity contribution is -0.121. The third-order valence-corrected chi connectivity index (χ3v) is 3.52. The average Bonchev–Trinajstić information content (AvgIpc) is 2.87. The molecule has 1 aliphatic rings. The van der Waals surface area contributed by atoms with Crippen molar-refractivity contribution in [2.24, 2.45) is 0 Å². The van der Waals surface area contributed by atoms with E-state index in [0.717, 1.165) is 35.2 Å². The second-order valence-electron chi connectivity index (χ2n) is 4.51. The third kappa shape index (κ3) is 4.26. The molecule has 0 radical (unpaired) electrons. The zero-order valence-electron chi connectivity index (χ0n) is 10.8. The van der Waals surface area contributed by atoms with Crippen LogP contribution in [0.3, 0.4) is 0 Å². The van der Waals surface area contributed by atoms with Crippen LogP contribution in [0, 0.1) is 6.92 Å². The van der Waals surface area contributed by atoms with Gasteiger partial charge in [-0.25, -0.2) is 0 Å². The Hall–Kier alpha value is -0.980. The van der Waals surface area contributed by atoms with Crippen molar-refractivity contribution in [3.05, 3.63) is 22.4 Å². The molecule has 5 nitrogen and oxygen atoms in total. The van der Waals surface area contributed by atoms with Gasteiger partial charge in [0.15, 0.2) is 0 Å². The highest BCUT2D eigenvalue weighted by molar-refractivity contribution is 9.10. The van der Waals surface area contributed by atoms with Gasteiger partial charge < -0.3 is 14.8 Å². The van der Waals surface area contributed by atoms with Gasteiger partial charge >= 0.3 is 0 Å². The molecular formula is C13H17BrN2O3. The zero-order chi connectivity index (χ0) is 13.7. The van der Waals surface area contributed by atoms with Crippen molar-refractivity contribution in [3.63, 3.8) is 0 Å². The number of halogens is 1. The van der Waals surface area contributed by atoms with Crippen LogP contribution in [-0.4, -0.2) is 36.8 Å². The first-order valence-electron chi connectivity index (χ1n) is 6.26. The first-order chi connectivity index (χ1) is 9.16. The Morgan fingerprint density at radius 1 is 1.63 bits per heavy atom. The van der Waals surface area contributed by atoms with E-state index in [2.05, 4.69) is 26.2 Å². The van der Waals surface area contributed by atoms with E-state index >= 15 is 0 Å². The van der Waals surface area contributed by atoms with Gasteiger partial charge in [0.05, 0.1) is 22.9 Å². The highest BCUT2D eigenvalue weighted by Crippen LogP contribution is 2.24. The molecule has 19 heavy (non-hydrogen) atoms. The highest BCUT2D eigenvalue weighted by atomic mass is 79.9. The van der Waals surface area contributed by atoms with Crippen LogP contribution in [0.4, 0.5) is 5.69 Å². The van der Waals surface area contributed by atoms with E-state index in [9.17, 15) is 4.79 Å². The summed E-state index contributed by atoms with van der Waals surface area (Å²) < 4.78 is 11.5. The number of nitrogens with one attached hydrogen (secondary N) is 1. The molecule has 0 saturated carbocycles. The van der Waals surface area contributed by atoms with E-state index in [1.807, 2.05) is 6.92 Å². The lowest BCUT2D eigenvalue weighted by Gasteiger charge is -2.12. The predicted octanol–water partition coefficient (Wildman–Crippen LogP) is 2.29. The Labute approximate surface area is 120 Å². The van der Waals surface area contributed by atoms with E-state index < -0.39 is 0 Å². The first kappa shape index (κ1) is 14.4. The molecular weight excluding hydrogens is 312 g/mol. The molecule has 1 fully saturated rings. The fraction of sp³-hybridized carbons (Fsp3) is 0.538. The minimum absolute atomic E-state index is 0.0358. The molecule has 1 aromatic heterocycles. The molecule has 0 aliphatic carbocycles. The number of nitrogens with zero attached hydrogens (tertiary/aromatic N) is 1. The van der Waals surface area contributed by atoms with Crippen LogP contribution in [0.5, 0.6) is 0 Å². The quantitative estimate of drug-likeness (QED) is 0.900. The van der Waals surface area contributed by atoms with Gasteiger partial charge in [-0.1, -0.05) is 0 Å². The molecule has 0 bridgehead atoms. The Balaban J connectivity index is 1.77. The zero-order valence-corrected chi connectivity index (χ0v) is 12.4. The molecule has 2 rings (SSSR count). The van der Waals surface area contributed by atoms with Gasteiger partial charge in [-0.3, -0.25) is 9.78 Å². The summed E-state index contributed by atoms with van der Waals surface area (Å²) in [5.41, 5.74) is 1.64. The van der Waals surface area contributed by atoms with Crippen LogP contribution in [-0.2, 0) is 14.3 Å². The number of pyridine rings is 1. The average molecular weight is 329 g/mol. The largest absolute Gasteiger partial charge is 0.376 e. The van der Waals surface area contributed by atoms with Crippen LogP contribution in [0.25, 0.3) is 0 Å². The van der Waals surface area contributed by atoms with Crippen molar-refractivity contribution in [2.45, 2.75) is 25.9 Å². The fourth-order valence-corrected chi connectivity index (χ4v) is 2.45. The third-order valence-electron chi connectivity index (χ3n) is 2.91. The van der Waals surface area contributed by atoms with E-state index in [4.69, 9.17) is 9.47 Å². The van der Waals surface area contributed by atoms with Crippen molar-refractivity contribution in [1.29, 1.82) is 0 Å². The number of aromatic nitrogens is 1. The Bertz CT molecular complexity index is 427. The number of ether oxygens (including phenoxy) is 2. The van der Waals surface area contributed by atoms with E-state index in [-0.39, 0.29) is 18.6 Å². The van der Waals surface area contributed by atoms with Gasteiger partial charge in [0.1, 0.15) is 6.61 Å². The Morgan fingerprint density at radius 3 is 3.16 bits per heavy atom. The number of hydrogen-bond acceptors (Lipinski definition) is 4. The van der Waals surface area contributed by atoms with Crippen LogP contribution in [0.2, 0.25) is 0 Å². The van der Waals surface area contributed by atoms with Crippen molar-refractivity contribution in [1.82, 2.24) is 4.98 Å². The normalized spacial score (nSPS) is 18.5. The highest BCUT2D eigenvalue weighted by Gasteiger charge is 2.16. The molecule has 1 amide bonds. The summed E-state index contributed by atoms with van der Waals surface area (Å²) in [6.07, 6.45) is 5.57. The summed E-state index contributed by atoms with van der Waals surface area (Å²) in [5.74, 6) is -0.173. The number of hydrogen-bond donors (Lipinski definition) is 1. The molecule has 0 aromatic carbocycles. The van der Waals surface area contributed by atoms with Crippen molar-refractivity contribution < 1.29 is 14.3 Å². The Kier molecular flexibility index (Phi) is 5.30. The Morgan fingerprint density at radius 2 is 2.47 bits per heavy atom. The van der Waals surface area contributed by atoms with Gasteiger partial charge in [0.2, 0.25) is 5.91 Å². The fourth-order valence-electron chi connectivity index (χ4n) is 1.92. The topological polar surface area (TPSA) is 60.5 Å². The minimum Gasteiger partial charge on any atom is -0.376 e. The van der Waals surface area contributed by atoms with Gasteiger partial charge in [0.25, 0.3) is 0 Å². The summed E-state index contributed by atoms with van der Waals surface area (Å²) in [7, 11) is 0. The maximum atomic E-state index is 11.8. The van der Waals surface area contributed by atoms with Crippen molar-refractivity contribution >= 4 is 27.5 Å². The molecule has 0 spiro atoms. The molecule has 1 atom stereocenters. The molecule has 1 N–H and O–H groups in total. The van der Waals surface area contributed by atoms with Gasteiger partial charge in [-0.15, -0.1) is 0 Å². The van der Waals surface area contributed by atoms with E-state index in [1.54, 1.807) is 12.4 Å². The number of carbonyl (C=O) groups excluding carboxylic acids is 1. The second-order valence-corrected chi connectivity index (χ2v) is 5.37. The summed E-state index contributed by atoms with van der Waals surface area (Å²) in [6, 6.07) is 0. The van der Waals surface area contributed by atoms with Crippen molar-refractivity contribution in [2.75, 3.05) is 25.1 Å². The summed E-state index contributed by atoms with van der Waals surface area (Å²) in [5, 5.41) is 2.81. The number of aryl methyl sites for hydroxylation is 1. The number of carbonyl (C=O) groups is 1. The second kappa shape index (κ2) is 6.98. The van der Waals surface area contributed by atoms with Gasteiger partial charge in [0, 0.05) is 19.0 Å². The summed E-state index contributed by atoms with van der Waals surface area (Å²) in [6.45, 7) is 3.20. The first-order valence-corrected chi connectivity index (χ1v) is 7.05. The van der Waals surface area contributed by atoms with Crippen LogP contribution in [0.1, 0.15) is 18.4 Å². The molecule has 6 heteroatoms. The maximum absolute atomic E-state index is 11.8. The van der Waals surface area contributed by atoms with Gasteiger partial charge in [-0.2, -0.15) is 0 Å². The molecule has 1 aliphatic heterocycles. The summed E-state index contributed by atoms with van der Waals surface area (Å²) in [4.78, 5) is 15.8. The van der Waals surface area contributed by atoms with Crippen LogP contribution < -0.4 is 5.32 Å². The smallest absolute Gasteiger partial charge is 0.250 e. The molecule has 1 aromatic rings. The standard InChI is InChI=1S/C13H17BrN2O3/c1-9-5-15-6-11(14)13(9)16-12(17)8-18-7-10-3-2-4-19-10/h5-6,10H,2-4,7-8H2,1H3,(H,15,16,17)/t10-/m1/s1. The molecule has 1 saturated heterocycles. The molecule has 2 heterocycles. The van der Waals surface area contributed by atoms with Crippen molar-refractivity contribution in [3.8, 4) is 0 Å². The van der Waals surface area contributed by atoms with Crippen LogP contribution in [0.15, 0.2) is 16.9 Å². The predicted molar refractivity (Wildman–Crippen MR) is 75.1 cm³/mol. The van der Waals surface area contributed by atoms with Gasteiger partial charge in [-0.05, 0) is 41.3 Å². The number of anilines is 1. The lowest BCUT2D eigenvalue weighted by atomic mass is 10.2. The van der Waals surface area contributed by atoms with Crippen LogP contribution >= 0.6 is 15.9 Å². The van der Waals surface area contributed by atoms with E-state index in [1.165, 1.54) is 0 Å². The maximum Gasteiger partial charge on any atom is 0.250 e. The number of amides is 1.